The van der Waals surface area contributed by atoms with Crippen LogP contribution in [0.1, 0.15) is 47.6 Å². The third-order valence-corrected chi connectivity index (χ3v) is 6.34. The normalized spacial score (nSPS) is 12.0. The molecule has 0 saturated heterocycles. The molecule has 1 heterocycles. The van der Waals surface area contributed by atoms with Crippen LogP contribution in [-0.2, 0) is 6.54 Å². The molecule has 7 heteroatoms. The van der Waals surface area contributed by atoms with Gasteiger partial charge in [-0.15, -0.1) is 0 Å². The summed E-state index contributed by atoms with van der Waals surface area (Å²) in [6.45, 7) is 5.31. The van der Waals surface area contributed by atoms with Crippen molar-refractivity contribution in [3.05, 3.63) is 93.7 Å². The van der Waals surface area contributed by atoms with Crippen molar-refractivity contribution >= 4 is 40.1 Å². The Balaban J connectivity index is 1.42. The molecule has 3 aromatic carbocycles. The number of para-hydroxylation sites is 2. The first kappa shape index (κ1) is 24.1. The molecule has 176 valence electrons. The van der Waals surface area contributed by atoms with Gasteiger partial charge in [0.25, 0.3) is 5.91 Å². The van der Waals surface area contributed by atoms with E-state index in [0.717, 1.165) is 52.6 Å². The van der Waals surface area contributed by atoms with Gasteiger partial charge in [-0.05, 0) is 80.8 Å². The van der Waals surface area contributed by atoms with E-state index in [-0.39, 0.29) is 11.9 Å². The molecule has 0 spiro atoms. The summed E-state index contributed by atoms with van der Waals surface area (Å²) in [5, 5.41) is 4.33. The highest BCUT2D eigenvalue weighted by Gasteiger charge is 2.19. The highest BCUT2D eigenvalue weighted by Crippen LogP contribution is 2.23. The number of ether oxygens (including phenoxy) is 1. The maximum absolute atomic E-state index is 12.8. The second kappa shape index (κ2) is 10.9. The lowest BCUT2D eigenvalue weighted by Gasteiger charge is -2.17. The van der Waals surface area contributed by atoms with E-state index >= 15 is 0 Å². The minimum atomic E-state index is -0.271. The predicted molar refractivity (Wildman–Crippen MR) is 138 cm³/mol. The smallest absolute Gasteiger partial charge is 0.251 e. The number of hydrogen-bond donors (Lipinski definition) is 1. The van der Waals surface area contributed by atoms with E-state index in [9.17, 15) is 4.79 Å². The minimum absolute atomic E-state index is 0.180. The summed E-state index contributed by atoms with van der Waals surface area (Å²) in [5.74, 6) is 1.47. The Morgan fingerprint density at radius 2 is 1.88 bits per heavy atom. The first-order valence-electron chi connectivity index (χ1n) is 11.3. The number of carbonyl (C=O) groups is 1. The first-order valence-corrected chi connectivity index (χ1v) is 12.1. The summed E-state index contributed by atoms with van der Waals surface area (Å²) >= 11 is 12.1. The second-order valence-electron chi connectivity index (χ2n) is 8.28. The molecular formula is C27H27Cl2N3O2. The summed E-state index contributed by atoms with van der Waals surface area (Å²) in [6, 6.07) is 20.4. The second-order valence-corrected chi connectivity index (χ2v) is 9.13. The fourth-order valence-corrected chi connectivity index (χ4v) is 4.21. The van der Waals surface area contributed by atoms with Crippen LogP contribution in [0.4, 0.5) is 0 Å². The molecule has 0 saturated carbocycles. The number of nitrogens with zero attached hydrogens (tertiary/aromatic N) is 2. The Morgan fingerprint density at radius 1 is 1.06 bits per heavy atom. The van der Waals surface area contributed by atoms with Crippen LogP contribution in [0.25, 0.3) is 11.0 Å². The van der Waals surface area contributed by atoms with Crippen molar-refractivity contribution in [3.8, 4) is 5.75 Å². The number of nitrogens with one attached hydrogen (secondary N) is 1. The molecule has 34 heavy (non-hydrogen) atoms. The van der Waals surface area contributed by atoms with E-state index in [0.29, 0.717) is 17.2 Å². The van der Waals surface area contributed by atoms with Crippen LogP contribution in [0.5, 0.6) is 5.75 Å². The van der Waals surface area contributed by atoms with E-state index in [1.165, 1.54) is 0 Å². The van der Waals surface area contributed by atoms with Crippen molar-refractivity contribution in [2.24, 2.45) is 0 Å². The van der Waals surface area contributed by atoms with Crippen LogP contribution in [0.3, 0.4) is 0 Å². The molecule has 0 aliphatic heterocycles. The average molecular weight is 496 g/mol. The molecule has 1 aromatic heterocycles. The van der Waals surface area contributed by atoms with E-state index in [1.807, 2.05) is 50.2 Å². The van der Waals surface area contributed by atoms with Gasteiger partial charge in [-0.3, -0.25) is 4.79 Å². The first-order chi connectivity index (χ1) is 16.4. The molecule has 0 fully saturated rings. The number of fused-ring (bicyclic) bond motifs is 1. The molecule has 4 aromatic rings. The summed E-state index contributed by atoms with van der Waals surface area (Å²) in [4.78, 5) is 17.6. The Bertz CT molecular complexity index is 1300. The van der Waals surface area contributed by atoms with E-state index in [2.05, 4.69) is 16.0 Å². The molecular weight excluding hydrogens is 469 g/mol. The van der Waals surface area contributed by atoms with Gasteiger partial charge in [0.1, 0.15) is 11.6 Å². The number of carbonyl (C=O) groups excluding carboxylic acids is 1. The molecule has 1 atom stereocenters. The molecule has 0 aliphatic rings. The molecule has 0 aliphatic carbocycles. The van der Waals surface area contributed by atoms with Gasteiger partial charge in [0.05, 0.1) is 23.7 Å². The molecule has 4 rings (SSSR count). The number of unbranched alkanes of at least 4 members (excludes halogenated alkanes) is 1. The van der Waals surface area contributed by atoms with Crippen molar-refractivity contribution in [1.29, 1.82) is 0 Å². The van der Waals surface area contributed by atoms with Crippen molar-refractivity contribution in [2.45, 2.75) is 39.3 Å². The fourth-order valence-electron chi connectivity index (χ4n) is 3.90. The number of halogens is 2. The minimum Gasteiger partial charge on any atom is -0.494 e. The summed E-state index contributed by atoms with van der Waals surface area (Å²) < 4.78 is 8.07. The number of rotatable bonds is 9. The number of amides is 1. The van der Waals surface area contributed by atoms with Crippen LogP contribution in [0.2, 0.25) is 10.0 Å². The quantitative estimate of drug-likeness (QED) is 0.254. The van der Waals surface area contributed by atoms with E-state index in [1.54, 1.807) is 24.3 Å². The zero-order chi connectivity index (χ0) is 24.1. The van der Waals surface area contributed by atoms with Gasteiger partial charge in [-0.1, -0.05) is 41.4 Å². The van der Waals surface area contributed by atoms with Crippen molar-refractivity contribution in [1.82, 2.24) is 14.9 Å². The number of imidazole rings is 1. The lowest BCUT2D eigenvalue weighted by molar-refractivity contribution is 0.0937. The van der Waals surface area contributed by atoms with Gasteiger partial charge < -0.3 is 14.6 Å². The molecule has 5 nitrogen and oxygen atoms in total. The average Bonchev–Trinajstić information content (AvgIpc) is 3.20. The lowest BCUT2D eigenvalue weighted by atomic mass is 10.2. The maximum Gasteiger partial charge on any atom is 0.251 e. The van der Waals surface area contributed by atoms with Crippen LogP contribution in [-0.4, -0.2) is 22.1 Å². The highest BCUT2D eigenvalue weighted by atomic mass is 35.5. The zero-order valence-electron chi connectivity index (χ0n) is 19.2. The van der Waals surface area contributed by atoms with E-state index < -0.39 is 0 Å². The number of aromatic nitrogens is 2. The van der Waals surface area contributed by atoms with Gasteiger partial charge in [0.2, 0.25) is 0 Å². The van der Waals surface area contributed by atoms with Crippen LogP contribution in [0, 0.1) is 6.92 Å². The van der Waals surface area contributed by atoms with Gasteiger partial charge in [-0.25, -0.2) is 4.98 Å². The monoisotopic (exact) mass is 495 g/mol. The van der Waals surface area contributed by atoms with Crippen LogP contribution in [0.15, 0.2) is 66.7 Å². The van der Waals surface area contributed by atoms with Crippen LogP contribution >= 0.6 is 23.2 Å². The predicted octanol–water partition coefficient (Wildman–Crippen LogP) is 7.00. The molecule has 0 radical (unpaired) electrons. The van der Waals surface area contributed by atoms with Gasteiger partial charge >= 0.3 is 0 Å². The van der Waals surface area contributed by atoms with Gasteiger partial charge in [-0.2, -0.15) is 0 Å². The topological polar surface area (TPSA) is 56.1 Å². The maximum atomic E-state index is 12.8. The molecule has 1 unspecified atom stereocenters. The molecule has 1 amide bonds. The Labute approximate surface area is 209 Å². The lowest BCUT2D eigenvalue weighted by Crippen LogP contribution is -2.28. The zero-order valence-corrected chi connectivity index (χ0v) is 20.7. The number of aryl methyl sites for hydroxylation is 2. The standard InChI is InChI=1S/C27H27Cl2N3O2/c1-18-16-22(12-13-23(18)29)34-15-6-5-14-32-25-11-4-3-10-24(25)31-26(32)19(2)30-27(33)20-8-7-9-21(28)17-20/h3-4,7-13,16-17,19H,5-6,14-15H2,1-2H3,(H,30,33). The van der Waals surface area contributed by atoms with Crippen LogP contribution < -0.4 is 10.1 Å². The third-order valence-electron chi connectivity index (χ3n) is 5.68. The van der Waals surface area contributed by atoms with Crippen molar-refractivity contribution in [2.75, 3.05) is 6.61 Å². The Kier molecular flexibility index (Phi) is 7.76. The van der Waals surface area contributed by atoms with Crippen molar-refractivity contribution in [3.63, 3.8) is 0 Å². The molecule has 0 bridgehead atoms. The Hall–Kier alpha value is -3.02. The summed E-state index contributed by atoms with van der Waals surface area (Å²) in [7, 11) is 0. The highest BCUT2D eigenvalue weighted by molar-refractivity contribution is 6.31. The van der Waals surface area contributed by atoms with Gasteiger partial charge in [0.15, 0.2) is 0 Å². The van der Waals surface area contributed by atoms with E-state index in [4.69, 9.17) is 32.9 Å². The summed E-state index contributed by atoms with van der Waals surface area (Å²) in [6.07, 6.45) is 1.80. The number of benzene rings is 3. The Morgan fingerprint density at radius 3 is 2.68 bits per heavy atom. The van der Waals surface area contributed by atoms with Gasteiger partial charge in [0, 0.05) is 22.2 Å². The largest absolute Gasteiger partial charge is 0.494 e. The SMILES string of the molecule is Cc1cc(OCCCCn2c(C(C)NC(=O)c3cccc(Cl)c3)nc3ccccc32)ccc1Cl. The third kappa shape index (κ3) is 5.72. The summed E-state index contributed by atoms with van der Waals surface area (Å²) in [5.41, 5.74) is 3.49. The fraction of sp³-hybridized carbons (Fsp3) is 0.259. The molecule has 1 N–H and O–H groups in total. The van der Waals surface area contributed by atoms with Crippen molar-refractivity contribution < 1.29 is 9.53 Å². The number of hydrogen-bond acceptors (Lipinski definition) is 3.